The molecule has 0 spiro atoms. The second kappa shape index (κ2) is 8.03. The molecule has 5 nitrogen and oxygen atoms in total. The second-order valence-electron chi connectivity index (χ2n) is 5.11. The summed E-state index contributed by atoms with van der Waals surface area (Å²) in [6.45, 7) is 0.259. The Bertz CT molecular complexity index is 750. The third-order valence-corrected chi connectivity index (χ3v) is 3.94. The Labute approximate surface area is 147 Å². The van der Waals surface area contributed by atoms with Crippen molar-refractivity contribution in [2.45, 2.75) is 12.6 Å². The SMILES string of the molecule is COC(C(=O)NCc1ccc(C(=N)N)cc1)c1ccc(Br)cc1F. The highest BCUT2D eigenvalue weighted by molar-refractivity contribution is 9.10. The van der Waals surface area contributed by atoms with Crippen LogP contribution in [-0.2, 0) is 16.1 Å². The molecule has 1 atom stereocenters. The Kier molecular flexibility index (Phi) is 6.05. The van der Waals surface area contributed by atoms with E-state index in [2.05, 4.69) is 21.2 Å². The summed E-state index contributed by atoms with van der Waals surface area (Å²) >= 11 is 3.18. The van der Waals surface area contributed by atoms with Crippen LogP contribution in [0.2, 0.25) is 0 Å². The van der Waals surface area contributed by atoms with Crippen molar-refractivity contribution in [2.24, 2.45) is 5.73 Å². The van der Waals surface area contributed by atoms with Crippen molar-refractivity contribution < 1.29 is 13.9 Å². The zero-order valence-corrected chi connectivity index (χ0v) is 14.6. The number of hydrogen-bond donors (Lipinski definition) is 3. The lowest BCUT2D eigenvalue weighted by Crippen LogP contribution is -2.30. The van der Waals surface area contributed by atoms with Gasteiger partial charge in [-0.15, -0.1) is 0 Å². The number of halogens is 2. The summed E-state index contributed by atoms with van der Waals surface area (Å²) in [7, 11) is 1.35. The number of ether oxygens (including phenoxy) is 1. The monoisotopic (exact) mass is 393 g/mol. The third-order valence-electron chi connectivity index (χ3n) is 3.45. The number of nitrogens with two attached hydrogens (primary N) is 1. The Morgan fingerprint density at radius 3 is 2.54 bits per heavy atom. The second-order valence-corrected chi connectivity index (χ2v) is 6.03. The summed E-state index contributed by atoms with van der Waals surface area (Å²) in [4.78, 5) is 12.3. The van der Waals surface area contributed by atoms with E-state index in [0.29, 0.717) is 10.0 Å². The van der Waals surface area contributed by atoms with E-state index in [1.807, 2.05) is 0 Å². The molecular formula is C17H17BrFN3O2. The minimum Gasteiger partial charge on any atom is -0.384 e. The summed E-state index contributed by atoms with van der Waals surface area (Å²) in [5, 5.41) is 10.1. The molecule has 0 fully saturated rings. The number of rotatable bonds is 6. The van der Waals surface area contributed by atoms with Crippen molar-refractivity contribution in [2.75, 3.05) is 7.11 Å². The van der Waals surface area contributed by atoms with E-state index in [4.69, 9.17) is 15.9 Å². The van der Waals surface area contributed by atoms with Crippen LogP contribution in [0.3, 0.4) is 0 Å². The number of nitrogens with one attached hydrogen (secondary N) is 2. The largest absolute Gasteiger partial charge is 0.384 e. The van der Waals surface area contributed by atoms with Crippen LogP contribution in [0.1, 0.15) is 22.8 Å². The maximum absolute atomic E-state index is 14.0. The maximum Gasteiger partial charge on any atom is 0.254 e. The standard InChI is InChI=1S/C17H17BrFN3O2/c1-24-15(13-7-6-12(18)8-14(13)19)17(23)22-9-10-2-4-11(5-3-10)16(20)21/h2-8,15H,9H2,1H3,(H3,20,21)(H,22,23). The number of carbonyl (C=O) groups excluding carboxylic acids is 1. The van der Waals surface area contributed by atoms with Crippen LogP contribution in [0, 0.1) is 11.2 Å². The number of methoxy groups -OCH3 is 1. The molecule has 7 heteroatoms. The number of benzene rings is 2. The topological polar surface area (TPSA) is 88.2 Å². The van der Waals surface area contributed by atoms with Gasteiger partial charge in [0, 0.05) is 29.3 Å². The van der Waals surface area contributed by atoms with Gasteiger partial charge in [-0.05, 0) is 17.7 Å². The Morgan fingerprint density at radius 2 is 2.00 bits per heavy atom. The average Bonchev–Trinajstić information content (AvgIpc) is 2.55. The molecule has 126 valence electrons. The highest BCUT2D eigenvalue weighted by atomic mass is 79.9. The van der Waals surface area contributed by atoms with Crippen molar-refractivity contribution >= 4 is 27.7 Å². The van der Waals surface area contributed by atoms with Gasteiger partial charge in [0.05, 0.1) is 0 Å². The van der Waals surface area contributed by atoms with Gasteiger partial charge >= 0.3 is 0 Å². The molecule has 2 aromatic carbocycles. The van der Waals surface area contributed by atoms with E-state index in [1.165, 1.54) is 19.2 Å². The fraction of sp³-hybridized carbons (Fsp3) is 0.176. The smallest absolute Gasteiger partial charge is 0.254 e. The highest BCUT2D eigenvalue weighted by Crippen LogP contribution is 2.23. The minimum absolute atomic E-state index is 0.0178. The first-order valence-corrected chi connectivity index (χ1v) is 7.90. The quantitative estimate of drug-likeness (QED) is 0.520. The van der Waals surface area contributed by atoms with Gasteiger partial charge in [0.25, 0.3) is 5.91 Å². The fourth-order valence-electron chi connectivity index (χ4n) is 2.17. The zero-order valence-electron chi connectivity index (χ0n) is 13.0. The summed E-state index contributed by atoms with van der Waals surface area (Å²) in [6.07, 6.45) is -1.03. The van der Waals surface area contributed by atoms with Crippen LogP contribution in [0.5, 0.6) is 0 Å². The third kappa shape index (κ3) is 4.39. The van der Waals surface area contributed by atoms with Crippen molar-refractivity contribution in [3.63, 3.8) is 0 Å². The first kappa shape index (κ1) is 18.1. The number of hydrogen-bond acceptors (Lipinski definition) is 3. The highest BCUT2D eigenvalue weighted by Gasteiger charge is 2.23. The molecule has 0 bridgehead atoms. The van der Waals surface area contributed by atoms with Crippen molar-refractivity contribution in [1.82, 2.24) is 5.32 Å². The van der Waals surface area contributed by atoms with E-state index in [9.17, 15) is 9.18 Å². The molecular weight excluding hydrogens is 377 g/mol. The van der Waals surface area contributed by atoms with Crippen LogP contribution >= 0.6 is 15.9 Å². The number of nitrogen functional groups attached to an aromatic ring is 1. The lowest BCUT2D eigenvalue weighted by Gasteiger charge is -2.16. The van der Waals surface area contributed by atoms with Gasteiger partial charge in [-0.1, -0.05) is 46.3 Å². The molecule has 4 N–H and O–H groups in total. The fourth-order valence-corrected chi connectivity index (χ4v) is 2.51. The molecule has 1 amide bonds. The molecule has 0 aromatic heterocycles. The normalized spacial score (nSPS) is 11.8. The molecule has 0 heterocycles. The van der Waals surface area contributed by atoms with Crippen LogP contribution < -0.4 is 11.1 Å². The average molecular weight is 394 g/mol. The predicted molar refractivity (Wildman–Crippen MR) is 93.2 cm³/mol. The van der Waals surface area contributed by atoms with Gasteiger partial charge < -0.3 is 15.8 Å². The van der Waals surface area contributed by atoms with Crippen LogP contribution in [0.4, 0.5) is 4.39 Å². The van der Waals surface area contributed by atoms with Gasteiger partial charge in [-0.3, -0.25) is 10.2 Å². The number of amidine groups is 1. The van der Waals surface area contributed by atoms with E-state index in [1.54, 1.807) is 30.3 Å². The predicted octanol–water partition coefficient (Wildman–Crippen LogP) is 2.88. The van der Waals surface area contributed by atoms with Crippen LogP contribution in [0.25, 0.3) is 0 Å². The maximum atomic E-state index is 14.0. The van der Waals surface area contributed by atoms with Gasteiger partial charge in [0.1, 0.15) is 11.7 Å². The summed E-state index contributed by atoms with van der Waals surface area (Å²) < 4.78 is 19.7. The van der Waals surface area contributed by atoms with Gasteiger partial charge in [0.2, 0.25) is 0 Å². The molecule has 24 heavy (non-hydrogen) atoms. The molecule has 2 rings (SSSR count). The van der Waals surface area contributed by atoms with Crippen LogP contribution in [-0.4, -0.2) is 18.9 Å². The van der Waals surface area contributed by atoms with Crippen molar-refractivity contribution in [3.8, 4) is 0 Å². The van der Waals surface area contributed by atoms with Gasteiger partial charge in [0.15, 0.2) is 6.10 Å². The van der Waals surface area contributed by atoms with Gasteiger partial charge in [-0.2, -0.15) is 0 Å². The summed E-state index contributed by atoms with van der Waals surface area (Å²) in [6, 6.07) is 11.4. The number of amides is 1. The summed E-state index contributed by atoms with van der Waals surface area (Å²) in [5.41, 5.74) is 7.00. The van der Waals surface area contributed by atoms with E-state index < -0.39 is 17.8 Å². The molecule has 1 unspecified atom stereocenters. The Balaban J connectivity index is 2.05. The van der Waals surface area contributed by atoms with Crippen molar-refractivity contribution in [1.29, 1.82) is 5.41 Å². The molecule has 0 aliphatic rings. The zero-order chi connectivity index (χ0) is 17.7. The lowest BCUT2D eigenvalue weighted by molar-refractivity contribution is -0.131. The lowest BCUT2D eigenvalue weighted by atomic mass is 10.1. The van der Waals surface area contributed by atoms with Crippen molar-refractivity contribution in [3.05, 3.63) is 69.4 Å². The molecule has 0 saturated heterocycles. The first-order valence-electron chi connectivity index (χ1n) is 7.11. The molecule has 0 radical (unpaired) electrons. The number of carbonyl (C=O) groups is 1. The van der Waals surface area contributed by atoms with E-state index >= 15 is 0 Å². The Morgan fingerprint density at radius 1 is 1.33 bits per heavy atom. The molecule has 0 saturated carbocycles. The summed E-state index contributed by atoms with van der Waals surface area (Å²) in [5.74, 6) is -0.970. The molecule has 0 aliphatic carbocycles. The van der Waals surface area contributed by atoms with E-state index in [0.717, 1.165) is 5.56 Å². The Hall–Kier alpha value is -2.25. The van der Waals surface area contributed by atoms with E-state index in [-0.39, 0.29) is 17.9 Å². The van der Waals surface area contributed by atoms with Gasteiger partial charge in [-0.25, -0.2) is 4.39 Å². The molecule has 0 aliphatic heterocycles. The first-order chi connectivity index (χ1) is 11.4. The molecule has 2 aromatic rings. The van der Waals surface area contributed by atoms with Crippen LogP contribution in [0.15, 0.2) is 46.9 Å². The minimum atomic E-state index is -1.03.